The Kier molecular flexibility index (Phi) is 6.29. The molecular formula is C20H24N2O6S. The summed E-state index contributed by atoms with van der Waals surface area (Å²) in [5.74, 6) is 0.604. The van der Waals surface area contributed by atoms with Crippen molar-refractivity contribution in [2.24, 2.45) is 0 Å². The van der Waals surface area contributed by atoms with Crippen LogP contribution in [0.2, 0.25) is 0 Å². The van der Waals surface area contributed by atoms with Crippen LogP contribution in [-0.2, 0) is 16.6 Å². The third-order valence-electron chi connectivity index (χ3n) is 4.62. The van der Waals surface area contributed by atoms with Crippen molar-refractivity contribution in [1.82, 2.24) is 8.87 Å². The molecule has 0 fully saturated rings. The van der Waals surface area contributed by atoms with Gasteiger partial charge in [-0.2, -0.15) is 4.31 Å². The molecule has 0 radical (unpaired) electrons. The molecule has 156 valence electrons. The number of aromatic nitrogens is 1. The third kappa shape index (κ3) is 4.15. The molecule has 29 heavy (non-hydrogen) atoms. The lowest BCUT2D eigenvalue weighted by atomic mass is 10.3. The monoisotopic (exact) mass is 420 g/mol. The van der Waals surface area contributed by atoms with Crippen molar-refractivity contribution in [2.75, 3.05) is 26.8 Å². The molecule has 2 aromatic carbocycles. The number of hydrogen-bond donors (Lipinski definition) is 0. The van der Waals surface area contributed by atoms with E-state index in [1.165, 1.54) is 21.0 Å². The lowest BCUT2D eigenvalue weighted by Gasteiger charge is -2.18. The second kappa shape index (κ2) is 8.71. The van der Waals surface area contributed by atoms with Gasteiger partial charge in [0.2, 0.25) is 10.0 Å². The molecule has 8 nitrogen and oxygen atoms in total. The quantitative estimate of drug-likeness (QED) is 0.529. The molecular weight excluding hydrogens is 396 g/mol. The Balaban J connectivity index is 1.83. The van der Waals surface area contributed by atoms with E-state index in [0.717, 1.165) is 0 Å². The van der Waals surface area contributed by atoms with Gasteiger partial charge in [-0.05, 0) is 24.3 Å². The minimum atomic E-state index is -3.63. The van der Waals surface area contributed by atoms with Crippen LogP contribution in [0.1, 0.15) is 13.8 Å². The van der Waals surface area contributed by atoms with E-state index in [4.69, 9.17) is 13.9 Å². The fraction of sp³-hybridized carbons (Fsp3) is 0.350. The average molecular weight is 420 g/mol. The molecule has 0 unspecified atom stereocenters. The number of benzene rings is 2. The molecule has 0 amide bonds. The average Bonchev–Trinajstić information content (AvgIpc) is 3.03. The Hall–Kier alpha value is -2.78. The maximum Gasteiger partial charge on any atom is 0.420 e. The summed E-state index contributed by atoms with van der Waals surface area (Å²) in [5, 5.41) is 0. The standard InChI is InChI=1S/C20H24N2O6S/c1-4-21(5-2)29(24,25)15-10-11-16-19(14-15)28-20(23)22(16)12-13-27-18-9-7-6-8-17(18)26-3/h6-11,14H,4-5,12-13H2,1-3H3. The molecule has 0 atom stereocenters. The van der Waals surface area contributed by atoms with Gasteiger partial charge in [-0.3, -0.25) is 4.57 Å². The van der Waals surface area contributed by atoms with Crippen molar-refractivity contribution in [3.05, 3.63) is 53.0 Å². The van der Waals surface area contributed by atoms with Gasteiger partial charge in [0, 0.05) is 19.2 Å². The van der Waals surface area contributed by atoms with Crippen molar-refractivity contribution in [1.29, 1.82) is 0 Å². The molecule has 0 aliphatic rings. The fourth-order valence-electron chi connectivity index (χ4n) is 3.12. The van der Waals surface area contributed by atoms with Crippen LogP contribution >= 0.6 is 0 Å². The molecule has 1 aromatic heterocycles. The van der Waals surface area contributed by atoms with Gasteiger partial charge in [0.15, 0.2) is 17.1 Å². The number of methoxy groups -OCH3 is 1. The highest BCUT2D eigenvalue weighted by atomic mass is 32.2. The Morgan fingerprint density at radius 3 is 2.41 bits per heavy atom. The molecule has 0 aliphatic carbocycles. The first-order valence-corrected chi connectivity index (χ1v) is 10.8. The van der Waals surface area contributed by atoms with Crippen molar-refractivity contribution in [3.8, 4) is 11.5 Å². The number of hydrogen-bond acceptors (Lipinski definition) is 6. The van der Waals surface area contributed by atoms with E-state index in [9.17, 15) is 13.2 Å². The highest BCUT2D eigenvalue weighted by molar-refractivity contribution is 7.89. The zero-order valence-electron chi connectivity index (χ0n) is 16.6. The zero-order chi connectivity index (χ0) is 21.0. The number of sulfonamides is 1. The van der Waals surface area contributed by atoms with Crippen molar-refractivity contribution in [3.63, 3.8) is 0 Å². The lowest BCUT2D eigenvalue weighted by Crippen LogP contribution is -2.30. The largest absolute Gasteiger partial charge is 0.493 e. The molecule has 3 rings (SSSR count). The van der Waals surface area contributed by atoms with Gasteiger partial charge in [0.05, 0.1) is 24.1 Å². The highest BCUT2D eigenvalue weighted by Gasteiger charge is 2.23. The Morgan fingerprint density at radius 2 is 1.76 bits per heavy atom. The van der Waals surface area contributed by atoms with Gasteiger partial charge >= 0.3 is 5.76 Å². The maximum atomic E-state index is 12.7. The number of nitrogens with zero attached hydrogens (tertiary/aromatic N) is 2. The van der Waals surface area contributed by atoms with E-state index >= 15 is 0 Å². The fourth-order valence-corrected chi connectivity index (χ4v) is 4.59. The van der Waals surface area contributed by atoms with Crippen molar-refractivity contribution >= 4 is 21.1 Å². The van der Waals surface area contributed by atoms with E-state index in [0.29, 0.717) is 30.1 Å². The van der Waals surface area contributed by atoms with E-state index in [1.54, 1.807) is 39.2 Å². The second-order valence-electron chi connectivity index (χ2n) is 6.24. The van der Waals surface area contributed by atoms with Crippen LogP contribution in [0.4, 0.5) is 0 Å². The van der Waals surface area contributed by atoms with Gasteiger partial charge in [-0.1, -0.05) is 26.0 Å². The number of oxazole rings is 1. The van der Waals surface area contributed by atoms with Crippen LogP contribution < -0.4 is 15.2 Å². The second-order valence-corrected chi connectivity index (χ2v) is 8.18. The summed E-state index contributed by atoms with van der Waals surface area (Å²) in [5.41, 5.74) is 0.734. The molecule has 0 spiro atoms. The first kappa shape index (κ1) is 20.9. The van der Waals surface area contributed by atoms with Gasteiger partial charge < -0.3 is 13.9 Å². The Labute approximate surface area is 169 Å². The molecule has 0 N–H and O–H groups in total. The van der Waals surface area contributed by atoms with E-state index in [-0.39, 0.29) is 23.6 Å². The topological polar surface area (TPSA) is 91.0 Å². The first-order chi connectivity index (χ1) is 13.9. The van der Waals surface area contributed by atoms with Crippen molar-refractivity contribution < 1.29 is 22.3 Å². The molecule has 3 aromatic rings. The molecule has 9 heteroatoms. The van der Waals surface area contributed by atoms with Crippen LogP contribution in [0.25, 0.3) is 11.1 Å². The van der Waals surface area contributed by atoms with Crippen LogP contribution in [0.3, 0.4) is 0 Å². The predicted octanol–water partition coefficient (Wildman–Crippen LogP) is 2.71. The summed E-state index contributed by atoms with van der Waals surface area (Å²) in [6, 6.07) is 11.7. The van der Waals surface area contributed by atoms with Gasteiger partial charge in [0.1, 0.15) is 6.61 Å². The Morgan fingerprint density at radius 1 is 1.07 bits per heavy atom. The minimum absolute atomic E-state index is 0.0971. The first-order valence-electron chi connectivity index (χ1n) is 9.31. The van der Waals surface area contributed by atoms with E-state index in [2.05, 4.69) is 0 Å². The van der Waals surface area contributed by atoms with E-state index in [1.807, 2.05) is 12.1 Å². The minimum Gasteiger partial charge on any atom is -0.493 e. The molecule has 0 aliphatic heterocycles. The molecule has 0 saturated carbocycles. The van der Waals surface area contributed by atoms with Crippen LogP contribution in [0, 0.1) is 0 Å². The van der Waals surface area contributed by atoms with Crippen molar-refractivity contribution in [2.45, 2.75) is 25.3 Å². The summed E-state index contributed by atoms with van der Waals surface area (Å²) in [6.07, 6.45) is 0. The summed E-state index contributed by atoms with van der Waals surface area (Å²) in [6.45, 7) is 4.74. The number of para-hydroxylation sites is 2. The van der Waals surface area contributed by atoms with Crippen LogP contribution in [0.5, 0.6) is 11.5 Å². The zero-order valence-corrected chi connectivity index (χ0v) is 17.4. The molecule has 0 bridgehead atoms. The van der Waals surface area contributed by atoms with Gasteiger partial charge in [-0.25, -0.2) is 13.2 Å². The SMILES string of the molecule is CCN(CC)S(=O)(=O)c1ccc2c(c1)oc(=O)n2CCOc1ccccc1OC. The molecule has 1 heterocycles. The number of fused-ring (bicyclic) bond motifs is 1. The van der Waals surface area contributed by atoms with Crippen LogP contribution in [0.15, 0.2) is 56.6 Å². The third-order valence-corrected chi connectivity index (χ3v) is 6.67. The summed E-state index contributed by atoms with van der Waals surface area (Å²) in [7, 11) is -2.08. The summed E-state index contributed by atoms with van der Waals surface area (Å²) < 4.78 is 44.4. The maximum absolute atomic E-state index is 12.7. The summed E-state index contributed by atoms with van der Waals surface area (Å²) >= 11 is 0. The van der Waals surface area contributed by atoms with E-state index < -0.39 is 15.8 Å². The lowest BCUT2D eigenvalue weighted by molar-refractivity contribution is 0.277. The predicted molar refractivity (Wildman–Crippen MR) is 109 cm³/mol. The van der Waals surface area contributed by atoms with Gasteiger partial charge in [0.25, 0.3) is 0 Å². The normalized spacial score (nSPS) is 11.9. The number of rotatable bonds is 9. The summed E-state index contributed by atoms with van der Waals surface area (Å²) in [4.78, 5) is 12.4. The smallest absolute Gasteiger partial charge is 0.420 e. The van der Waals surface area contributed by atoms with Gasteiger partial charge in [-0.15, -0.1) is 0 Å². The Bertz CT molecular complexity index is 1150. The van der Waals surface area contributed by atoms with Crippen LogP contribution in [-0.4, -0.2) is 44.1 Å². The number of ether oxygens (including phenoxy) is 2. The molecule has 0 saturated heterocycles. The highest BCUT2D eigenvalue weighted by Crippen LogP contribution is 2.26.